The van der Waals surface area contributed by atoms with E-state index in [1.54, 1.807) is 12.1 Å². The number of nitrogens with zero attached hydrogens (tertiary/aromatic N) is 2. The third kappa shape index (κ3) is 3.23. The minimum absolute atomic E-state index is 0.276. The number of hydrogen-bond acceptors (Lipinski definition) is 5. The third-order valence-electron chi connectivity index (χ3n) is 4.76. The zero-order chi connectivity index (χ0) is 18.1. The molecule has 3 N–H and O–H groups in total. The lowest BCUT2D eigenvalue weighted by Gasteiger charge is -2.35. The summed E-state index contributed by atoms with van der Waals surface area (Å²) in [5.74, 6) is 0.0140. The van der Waals surface area contributed by atoms with Crippen LogP contribution in [0.5, 0.6) is 0 Å². The number of nitrogens with one attached hydrogen (secondary N) is 1. The summed E-state index contributed by atoms with van der Waals surface area (Å²) in [6.45, 7) is 3.80. The van der Waals surface area contributed by atoms with Crippen LogP contribution in [0.3, 0.4) is 0 Å². The van der Waals surface area contributed by atoms with Crippen molar-refractivity contribution in [1.29, 1.82) is 0 Å². The molecule has 1 saturated heterocycles. The van der Waals surface area contributed by atoms with Gasteiger partial charge in [-0.1, -0.05) is 18.2 Å². The van der Waals surface area contributed by atoms with Crippen LogP contribution in [0.4, 0.5) is 17.1 Å². The highest BCUT2D eigenvalue weighted by molar-refractivity contribution is 6.06. The second-order valence-corrected chi connectivity index (χ2v) is 6.67. The monoisotopic (exact) mass is 350 g/mol. The van der Waals surface area contributed by atoms with E-state index in [1.165, 1.54) is 0 Å². The predicted molar refractivity (Wildman–Crippen MR) is 105 cm³/mol. The average Bonchev–Trinajstić information content (AvgIpc) is 3.07. The van der Waals surface area contributed by atoms with Crippen LogP contribution < -0.4 is 16.0 Å². The first kappa shape index (κ1) is 16.5. The molecule has 1 aliphatic heterocycles. The van der Waals surface area contributed by atoms with Gasteiger partial charge in [-0.15, -0.1) is 0 Å². The van der Waals surface area contributed by atoms with Crippen LogP contribution in [0.15, 0.2) is 52.9 Å². The number of furan rings is 1. The molecule has 0 bridgehead atoms. The van der Waals surface area contributed by atoms with Gasteiger partial charge in [-0.3, -0.25) is 4.79 Å². The van der Waals surface area contributed by atoms with Crippen LogP contribution in [0.2, 0.25) is 0 Å². The molecule has 1 aromatic heterocycles. The van der Waals surface area contributed by atoms with Gasteiger partial charge in [0.25, 0.3) is 5.91 Å². The van der Waals surface area contributed by atoms with Gasteiger partial charge in [-0.2, -0.15) is 0 Å². The first-order valence-corrected chi connectivity index (χ1v) is 8.73. The Morgan fingerprint density at radius 3 is 2.62 bits per heavy atom. The van der Waals surface area contributed by atoms with Crippen molar-refractivity contribution in [2.45, 2.75) is 0 Å². The number of amides is 1. The van der Waals surface area contributed by atoms with E-state index in [9.17, 15) is 4.79 Å². The molecular weight excluding hydrogens is 328 g/mol. The molecule has 0 aliphatic carbocycles. The summed E-state index contributed by atoms with van der Waals surface area (Å²) in [5.41, 5.74) is 8.96. The maximum absolute atomic E-state index is 12.7. The standard InChI is InChI=1S/C20H22N4O2/c1-23-8-10-24(11-9-23)17-7-6-15(21)13-16(17)22-20(25)19-12-14-4-2-3-5-18(14)26-19/h2-7,12-13H,8-11,21H2,1H3,(H,22,25). The predicted octanol–water partition coefficient (Wildman–Crippen LogP) is 3.02. The van der Waals surface area contributed by atoms with Crippen molar-refractivity contribution in [3.8, 4) is 0 Å². The molecule has 4 rings (SSSR count). The fourth-order valence-electron chi connectivity index (χ4n) is 3.25. The van der Waals surface area contributed by atoms with Crippen molar-refractivity contribution in [3.63, 3.8) is 0 Å². The average molecular weight is 350 g/mol. The van der Waals surface area contributed by atoms with Crippen LogP contribution >= 0.6 is 0 Å². The Morgan fingerprint density at radius 2 is 1.85 bits per heavy atom. The van der Waals surface area contributed by atoms with E-state index in [0.717, 1.165) is 37.3 Å². The highest BCUT2D eigenvalue weighted by Crippen LogP contribution is 2.30. The van der Waals surface area contributed by atoms with E-state index in [2.05, 4.69) is 22.2 Å². The van der Waals surface area contributed by atoms with Gasteiger partial charge in [0.2, 0.25) is 0 Å². The van der Waals surface area contributed by atoms with Crippen LogP contribution in [0.1, 0.15) is 10.6 Å². The molecule has 134 valence electrons. The van der Waals surface area contributed by atoms with Crippen molar-refractivity contribution >= 4 is 33.9 Å². The number of rotatable bonds is 3. The van der Waals surface area contributed by atoms with E-state index < -0.39 is 0 Å². The normalized spacial score (nSPS) is 15.3. The number of piperazine rings is 1. The summed E-state index contributed by atoms with van der Waals surface area (Å²) in [7, 11) is 2.12. The molecule has 0 unspecified atom stereocenters. The van der Waals surface area contributed by atoms with Gasteiger partial charge in [0.15, 0.2) is 5.76 Å². The van der Waals surface area contributed by atoms with Gasteiger partial charge in [-0.25, -0.2) is 0 Å². The van der Waals surface area contributed by atoms with Crippen LogP contribution in [0, 0.1) is 0 Å². The van der Waals surface area contributed by atoms with E-state index in [1.807, 2.05) is 36.4 Å². The maximum Gasteiger partial charge on any atom is 0.291 e. The maximum atomic E-state index is 12.7. The summed E-state index contributed by atoms with van der Waals surface area (Å²) >= 11 is 0. The van der Waals surface area contributed by atoms with Crippen molar-refractivity contribution in [2.75, 3.05) is 49.2 Å². The van der Waals surface area contributed by atoms with Crippen molar-refractivity contribution in [3.05, 3.63) is 54.3 Å². The number of nitrogen functional groups attached to an aromatic ring is 1. The minimum Gasteiger partial charge on any atom is -0.451 e. The molecule has 1 aliphatic rings. The second-order valence-electron chi connectivity index (χ2n) is 6.67. The number of benzene rings is 2. The van der Waals surface area contributed by atoms with Gasteiger partial charge in [0.05, 0.1) is 11.4 Å². The number of anilines is 3. The topological polar surface area (TPSA) is 74.7 Å². The molecule has 1 fully saturated rings. The van der Waals surface area contributed by atoms with Gasteiger partial charge in [0, 0.05) is 37.3 Å². The third-order valence-corrected chi connectivity index (χ3v) is 4.76. The number of carbonyl (C=O) groups is 1. The molecule has 0 saturated carbocycles. The number of para-hydroxylation sites is 1. The number of hydrogen-bond donors (Lipinski definition) is 2. The van der Waals surface area contributed by atoms with Gasteiger partial charge in [0.1, 0.15) is 5.58 Å². The molecule has 0 radical (unpaired) electrons. The van der Waals surface area contributed by atoms with E-state index >= 15 is 0 Å². The molecule has 0 spiro atoms. The SMILES string of the molecule is CN1CCN(c2ccc(N)cc2NC(=O)c2cc3ccccc3o2)CC1. The quantitative estimate of drug-likeness (QED) is 0.710. The molecular formula is C20H22N4O2. The van der Waals surface area contributed by atoms with Gasteiger partial charge in [-0.05, 0) is 37.4 Å². The Balaban J connectivity index is 1.60. The van der Waals surface area contributed by atoms with Crippen LogP contribution in [-0.2, 0) is 0 Å². The Morgan fingerprint density at radius 1 is 1.08 bits per heavy atom. The number of likely N-dealkylation sites (N-methyl/N-ethyl adjacent to an activating group) is 1. The zero-order valence-corrected chi connectivity index (χ0v) is 14.7. The summed E-state index contributed by atoms with van der Waals surface area (Å²) in [4.78, 5) is 17.3. The zero-order valence-electron chi connectivity index (χ0n) is 14.7. The molecule has 26 heavy (non-hydrogen) atoms. The molecule has 0 atom stereocenters. The molecule has 3 aromatic rings. The minimum atomic E-state index is -0.276. The fourth-order valence-corrected chi connectivity index (χ4v) is 3.25. The van der Waals surface area contributed by atoms with E-state index in [-0.39, 0.29) is 11.7 Å². The number of carbonyl (C=O) groups excluding carboxylic acids is 1. The summed E-state index contributed by atoms with van der Waals surface area (Å²) in [5, 5.41) is 3.88. The lowest BCUT2D eigenvalue weighted by Crippen LogP contribution is -2.44. The Labute approximate surface area is 152 Å². The Bertz CT molecular complexity index is 909. The molecule has 2 heterocycles. The Kier molecular flexibility index (Phi) is 4.26. The summed E-state index contributed by atoms with van der Waals surface area (Å²) in [6, 6.07) is 15.0. The van der Waals surface area contributed by atoms with Crippen molar-refractivity contribution in [2.24, 2.45) is 0 Å². The number of fused-ring (bicyclic) bond motifs is 1. The highest BCUT2D eigenvalue weighted by Gasteiger charge is 2.20. The Hall–Kier alpha value is -2.99. The highest BCUT2D eigenvalue weighted by atomic mass is 16.3. The molecule has 2 aromatic carbocycles. The molecule has 6 heteroatoms. The molecule has 1 amide bonds. The lowest BCUT2D eigenvalue weighted by molar-refractivity contribution is 0.0998. The first-order valence-electron chi connectivity index (χ1n) is 8.73. The van der Waals surface area contributed by atoms with Crippen molar-refractivity contribution < 1.29 is 9.21 Å². The fraction of sp³-hybridized carbons (Fsp3) is 0.250. The van der Waals surface area contributed by atoms with Crippen LogP contribution in [-0.4, -0.2) is 44.0 Å². The number of nitrogens with two attached hydrogens (primary N) is 1. The summed E-state index contributed by atoms with van der Waals surface area (Å²) < 4.78 is 5.67. The first-order chi connectivity index (χ1) is 12.6. The van der Waals surface area contributed by atoms with Crippen molar-refractivity contribution in [1.82, 2.24) is 4.90 Å². The lowest BCUT2D eigenvalue weighted by atomic mass is 10.2. The van der Waals surface area contributed by atoms with Gasteiger partial charge >= 0.3 is 0 Å². The smallest absolute Gasteiger partial charge is 0.291 e. The van der Waals surface area contributed by atoms with E-state index in [4.69, 9.17) is 10.2 Å². The van der Waals surface area contributed by atoms with Gasteiger partial charge < -0.3 is 25.3 Å². The van der Waals surface area contributed by atoms with E-state index in [0.29, 0.717) is 17.0 Å². The second kappa shape index (κ2) is 6.72. The van der Waals surface area contributed by atoms with Crippen LogP contribution in [0.25, 0.3) is 11.0 Å². The molecule has 6 nitrogen and oxygen atoms in total. The largest absolute Gasteiger partial charge is 0.451 e. The summed E-state index contributed by atoms with van der Waals surface area (Å²) in [6.07, 6.45) is 0.